The van der Waals surface area contributed by atoms with Crippen LogP contribution in [-0.2, 0) is 10.9 Å². The van der Waals surface area contributed by atoms with Crippen LogP contribution in [0.4, 0.5) is 0 Å². The molecule has 0 amide bonds. The van der Waals surface area contributed by atoms with E-state index < -0.39 is 0 Å². The zero-order valence-corrected chi connectivity index (χ0v) is 9.42. The van der Waals surface area contributed by atoms with Gasteiger partial charge < -0.3 is 15.0 Å². The molecule has 0 aliphatic rings. The summed E-state index contributed by atoms with van der Waals surface area (Å²) in [6.45, 7) is 0. The van der Waals surface area contributed by atoms with Crippen molar-refractivity contribution in [2.75, 3.05) is 0 Å². The van der Waals surface area contributed by atoms with Crippen molar-refractivity contribution in [1.82, 2.24) is 15.0 Å². The smallest absolute Gasteiger partial charge is 0.239 e. The summed E-state index contributed by atoms with van der Waals surface area (Å²) in [5.74, 6) is 0. The zero-order valence-electron chi connectivity index (χ0n) is 8.60. The lowest BCUT2D eigenvalue weighted by Gasteiger charge is -2.00. The highest BCUT2D eigenvalue weighted by atomic mass is 32.2. The van der Waals surface area contributed by atoms with Gasteiger partial charge in [-0.15, -0.1) is 0 Å². The van der Waals surface area contributed by atoms with E-state index in [9.17, 15) is 0 Å². The minimum Gasteiger partial charge on any atom is -0.322 e. The molecule has 4 heteroatoms. The fourth-order valence-corrected chi connectivity index (χ4v) is 3.59. The van der Waals surface area contributed by atoms with Gasteiger partial charge in [-0.05, 0) is 18.2 Å². The van der Waals surface area contributed by atoms with Gasteiger partial charge in [-0.1, -0.05) is 0 Å². The molecule has 0 radical (unpaired) electrons. The van der Waals surface area contributed by atoms with Gasteiger partial charge in [-0.25, -0.2) is 0 Å². The van der Waals surface area contributed by atoms with Crippen LogP contribution in [0.25, 0.3) is 0 Å². The van der Waals surface area contributed by atoms with Gasteiger partial charge in [-0.3, -0.25) is 0 Å². The number of H-pyrrole nitrogens is 3. The Morgan fingerprint density at radius 2 is 1.00 bits per heavy atom. The van der Waals surface area contributed by atoms with Crippen molar-refractivity contribution in [1.29, 1.82) is 0 Å². The average Bonchev–Trinajstić information content (AvgIpc) is 3.02. The molecule has 0 saturated carbocycles. The molecule has 0 bridgehead atoms. The van der Waals surface area contributed by atoms with Crippen molar-refractivity contribution in [3.05, 3.63) is 55.0 Å². The topological polar surface area (TPSA) is 47.4 Å². The summed E-state index contributed by atoms with van der Waals surface area (Å²) in [6.07, 6.45) is 5.88. The molecule has 3 nitrogen and oxygen atoms in total. The van der Waals surface area contributed by atoms with E-state index in [1.54, 1.807) is 0 Å². The SMILES string of the molecule is c1c[nH]c([S+](c2ccc[nH]2)c2ccc[nH]2)c1. The summed E-state index contributed by atoms with van der Waals surface area (Å²) < 4.78 is 0. The molecule has 0 aromatic carbocycles. The van der Waals surface area contributed by atoms with E-state index in [2.05, 4.69) is 33.2 Å². The minimum absolute atomic E-state index is 0.0880. The molecular weight excluding hydrogens is 218 g/mol. The molecule has 80 valence electrons. The molecule has 0 fully saturated rings. The second-order valence-corrected chi connectivity index (χ2v) is 5.34. The highest BCUT2D eigenvalue weighted by Crippen LogP contribution is 2.27. The quantitative estimate of drug-likeness (QED) is 0.579. The molecule has 3 N–H and O–H groups in total. The van der Waals surface area contributed by atoms with Crippen molar-refractivity contribution >= 4 is 10.9 Å². The van der Waals surface area contributed by atoms with Gasteiger partial charge in [0.15, 0.2) is 10.9 Å². The third kappa shape index (κ3) is 1.57. The molecule has 16 heavy (non-hydrogen) atoms. The van der Waals surface area contributed by atoms with Crippen LogP contribution in [0.5, 0.6) is 0 Å². The van der Waals surface area contributed by atoms with Crippen LogP contribution >= 0.6 is 0 Å². The first-order valence-electron chi connectivity index (χ1n) is 5.09. The van der Waals surface area contributed by atoms with Gasteiger partial charge in [0.05, 0.1) is 0 Å². The normalized spacial score (nSPS) is 11.1. The summed E-state index contributed by atoms with van der Waals surface area (Å²) in [4.78, 5) is 9.86. The van der Waals surface area contributed by atoms with Crippen LogP contribution in [-0.4, -0.2) is 15.0 Å². The summed E-state index contributed by atoms with van der Waals surface area (Å²) in [5, 5.41) is 3.64. The standard InChI is InChI=1S/C12H12N3S/c1-4-10(13-7-1)16(11-5-2-8-14-11)12-6-3-9-15-12/h1-9,13-15H/q+1. The lowest BCUT2D eigenvalue weighted by Crippen LogP contribution is -2.05. The van der Waals surface area contributed by atoms with Crippen LogP contribution in [0.15, 0.2) is 70.1 Å². The second kappa shape index (κ2) is 3.98. The predicted octanol–water partition coefficient (Wildman–Crippen LogP) is 2.77. The highest BCUT2D eigenvalue weighted by molar-refractivity contribution is 7.96. The van der Waals surface area contributed by atoms with Gasteiger partial charge in [0, 0.05) is 36.8 Å². The third-order valence-electron chi connectivity index (χ3n) is 2.37. The maximum Gasteiger partial charge on any atom is 0.239 e. The van der Waals surface area contributed by atoms with Crippen LogP contribution in [0.2, 0.25) is 0 Å². The molecule has 0 spiro atoms. The van der Waals surface area contributed by atoms with Crippen LogP contribution in [0.3, 0.4) is 0 Å². The molecule has 0 aliphatic heterocycles. The molecule has 0 aliphatic carbocycles. The van der Waals surface area contributed by atoms with E-state index in [0.717, 1.165) is 0 Å². The monoisotopic (exact) mass is 230 g/mol. The third-order valence-corrected chi connectivity index (χ3v) is 4.45. The number of rotatable bonds is 3. The first kappa shape index (κ1) is 9.42. The van der Waals surface area contributed by atoms with E-state index >= 15 is 0 Å². The fraction of sp³-hybridized carbons (Fsp3) is 0. The second-order valence-electron chi connectivity index (χ2n) is 3.41. The van der Waals surface area contributed by atoms with E-state index in [1.165, 1.54) is 15.1 Å². The first-order chi connectivity index (χ1) is 7.95. The number of nitrogens with one attached hydrogen (secondary N) is 3. The zero-order chi connectivity index (χ0) is 10.8. The minimum atomic E-state index is -0.0880. The van der Waals surface area contributed by atoms with Gasteiger partial charge in [-0.2, -0.15) is 0 Å². The number of aromatic nitrogens is 3. The Bertz CT molecular complexity index is 441. The molecule has 0 unspecified atom stereocenters. The molecular formula is C12H12N3S+. The van der Waals surface area contributed by atoms with Gasteiger partial charge >= 0.3 is 0 Å². The Morgan fingerprint density at radius 3 is 1.25 bits per heavy atom. The first-order valence-corrected chi connectivity index (χ1v) is 6.32. The highest BCUT2D eigenvalue weighted by Gasteiger charge is 2.31. The maximum atomic E-state index is 3.29. The van der Waals surface area contributed by atoms with Crippen molar-refractivity contribution in [2.45, 2.75) is 15.1 Å². The molecule has 0 atom stereocenters. The average molecular weight is 230 g/mol. The fourth-order valence-electron chi connectivity index (χ4n) is 1.68. The van der Waals surface area contributed by atoms with Crippen molar-refractivity contribution in [2.24, 2.45) is 0 Å². The van der Waals surface area contributed by atoms with Crippen LogP contribution in [0, 0.1) is 0 Å². The Kier molecular flexibility index (Phi) is 2.34. The Labute approximate surface area is 96.3 Å². The largest absolute Gasteiger partial charge is 0.322 e. The van der Waals surface area contributed by atoms with Crippen molar-refractivity contribution < 1.29 is 0 Å². The molecule has 3 heterocycles. The van der Waals surface area contributed by atoms with Crippen molar-refractivity contribution in [3.63, 3.8) is 0 Å². The van der Waals surface area contributed by atoms with Crippen LogP contribution < -0.4 is 0 Å². The Morgan fingerprint density at radius 1 is 0.625 bits per heavy atom. The van der Waals surface area contributed by atoms with E-state index in [4.69, 9.17) is 0 Å². The summed E-state index contributed by atoms with van der Waals surface area (Å²) >= 11 is 0. The van der Waals surface area contributed by atoms with Crippen LogP contribution in [0.1, 0.15) is 0 Å². The summed E-state index contributed by atoms with van der Waals surface area (Å²) in [6, 6.07) is 12.4. The summed E-state index contributed by atoms with van der Waals surface area (Å²) in [5.41, 5.74) is 0. The molecule has 3 aromatic heterocycles. The van der Waals surface area contributed by atoms with Gasteiger partial charge in [0.25, 0.3) is 0 Å². The Hall–Kier alpha value is -1.81. The van der Waals surface area contributed by atoms with Crippen molar-refractivity contribution in [3.8, 4) is 0 Å². The Balaban J connectivity index is 2.09. The summed E-state index contributed by atoms with van der Waals surface area (Å²) in [7, 11) is -0.0880. The van der Waals surface area contributed by atoms with E-state index in [1.807, 2.05) is 36.8 Å². The lowest BCUT2D eigenvalue weighted by molar-refractivity contribution is 1.09. The number of hydrogen-bond donors (Lipinski definition) is 3. The van der Waals surface area contributed by atoms with Gasteiger partial charge in [0.1, 0.15) is 0 Å². The van der Waals surface area contributed by atoms with E-state index in [0.29, 0.717) is 0 Å². The maximum absolute atomic E-state index is 3.29. The predicted molar refractivity (Wildman–Crippen MR) is 64.5 cm³/mol. The molecule has 0 saturated heterocycles. The molecule has 3 rings (SSSR count). The lowest BCUT2D eigenvalue weighted by atomic mass is 10.7. The number of aromatic amines is 3. The van der Waals surface area contributed by atoms with Gasteiger partial charge in [0.2, 0.25) is 15.1 Å². The number of hydrogen-bond acceptors (Lipinski definition) is 0. The molecule has 3 aromatic rings. The van der Waals surface area contributed by atoms with E-state index in [-0.39, 0.29) is 10.9 Å².